The SMILES string of the molecule is CCCCCCCCOc1cc(F)c(C2CCC(C3CCC(C(F)(F)Oc4cc(F)c(F)c(F)c4)CC3)CC2)c(F)c1. The van der Waals surface area contributed by atoms with Crippen molar-refractivity contribution in [3.8, 4) is 11.5 Å². The van der Waals surface area contributed by atoms with Crippen molar-refractivity contribution in [2.75, 3.05) is 6.61 Å². The number of ether oxygens (including phenoxy) is 2. The van der Waals surface area contributed by atoms with Gasteiger partial charge in [-0.1, -0.05) is 39.0 Å². The highest BCUT2D eigenvalue weighted by molar-refractivity contribution is 5.33. The normalized spacial score (nSPS) is 23.1. The minimum Gasteiger partial charge on any atom is -0.493 e. The third kappa shape index (κ3) is 8.34. The van der Waals surface area contributed by atoms with Crippen molar-refractivity contribution in [1.29, 1.82) is 0 Å². The van der Waals surface area contributed by atoms with Crippen molar-refractivity contribution in [3.05, 3.63) is 58.9 Å². The molecule has 2 saturated carbocycles. The number of hydrogen-bond acceptors (Lipinski definition) is 2. The number of unbranched alkanes of at least 4 members (excludes halogenated alkanes) is 5. The average Bonchev–Trinajstić information content (AvgIpc) is 2.95. The molecular formula is C33H41F7O2. The summed E-state index contributed by atoms with van der Waals surface area (Å²) in [6, 6.07) is 3.39. The molecule has 0 atom stereocenters. The van der Waals surface area contributed by atoms with Crippen molar-refractivity contribution in [3.63, 3.8) is 0 Å². The summed E-state index contributed by atoms with van der Waals surface area (Å²) in [4.78, 5) is 0. The van der Waals surface area contributed by atoms with Gasteiger partial charge in [-0.25, -0.2) is 22.0 Å². The van der Waals surface area contributed by atoms with E-state index in [0.717, 1.165) is 32.1 Å². The number of halogens is 7. The third-order valence-electron chi connectivity index (χ3n) is 9.12. The van der Waals surface area contributed by atoms with E-state index < -0.39 is 46.9 Å². The van der Waals surface area contributed by atoms with Crippen molar-refractivity contribution in [2.45, 2.75) is 109 Å². The van der Waals surface area contributed by atoms with Gasteiger partial charge in [-0.15, -0.1) is 0 Å². The van der Waals surface area contributed by atoms with Gasteiger partial charge in [0.1, 0.15) is 23.1 Å². The minimum absolute atomic E-state index is 0.106. The molecule has 234 valence electrons. The highest BCUT2D eigenvalue weighted by atomic mass is 19.3. The molecule has 2 aromatic rings. The molecule has 2 aromatic carbocycles. The van der Waals surface area contributed by atoms with Crippen molar-refractivity contribution in [2.24, 2.45) is 17.8 Å². The van der Waals surface area contributed by atoms with E-state index >= 15 is 0 Å². The topological polar surface area (TPSA) is 18.5 Å². The van der Waals surface area contributed by atoms with Gasteiger partial charge >= 0.3 is 6.11 Å². The van der Waals surface area contributed by atoms with E-state index in [1.165, 1.54) is 31.4 Å². The monoisotopic (exact) mass is 602 g/mol. The van der Waals surface area contributed by atoms with Crippen molar-refractivity contribution in [1.82, 2.24) is 0 Å². The highest BCUT2D eigenvalue weighted by Crippen LogP contribution is 2.47. The molecule has 0 aromatic heterocycles. The molecule has 0 radical (unpaired) electrons. The van der Waals surface area contributed by atoms with Crippen LogP contribution in [0, 0.1) is 46.8 Å². The Hall–Kier alpha value is -2.45. The molecule has 0 aliphatic heterocycles. The molecule has 2 fully saturated rings. The molecule has 0 unspecified atom stereocenters. The predicted molar refractivity (Wildman–Crippen MR) is 147 cm³/mol. The molecule has 2 aliphatic rings. The second kappa shape index (κ2) is 14.8. The van der Waals surface area contributed by atoms with Gasteiger partial charge in [-0.05, 0) is 75.5 Å². The molecule has 2 nitrogen and oxygen atoms in total. The lowest BCUT2D eigenvalue weighted by Gasteiger charge is -2.39. The van der Waals surface area contributed by atoms with E-state index in [9.17, 15) is 30.7 Å². The van der Waals surface area contributed by atoms with Crippen molar-refractivity contribution >= 4 is 0 Å². The Balaban J connectivity index is 1.23. The molecule has 42 heavy (non-hydrogen) atoms. The maximum Gasteiger partial charge on any atom is 0.400 e. The lowest BCUT2D eigenvalue weighted by Crippen LogP contribution is -2.38. The Morgan fingerprint density at radius 3 is 1.71 bits per heavy atom. The van der Waals surface area contributed by atoms with Gasteiger partial charge in [0.2, 0.25) is 0 Å². The smallest absolute Gasteiger partial charge is 0.400 e. The van der Waals surface area contributed by atoms with Crippen LogP contribution in [0.5, 0.6) is 11.5 Å². The van der Waals surface area contributed by atoms with E-state index in [-0.39, 0.29) is 41.9 Å². The molecule has 0 bridgehead atoms. The van der Waals surface area contributed by atoms with Crippen LogP contribution in [0.1, 0.15) is 108 Å². The first kappa shape index (κ1) is 32.5. The van der Waals surface area contributed by atoms with Gasteiger partial charge in [0.15, 0.2) is 17.5 Å². The maximum atomic E-state index is 15.0. The number of hydrogen-bond donors (Lipinski definition) is 0. The summed E-state index contributed by atoms with van der Waals surface area (Å²) in [5.74, 6) is -7.51. The van der Waals surface area contributed by atoms with Gasteiger partial charge in [-0.3, -0.25) is 0 Å². The molecule has 0 amide bonds. The van der Waals surface area contributed by atoms with E-state index in [4.69, 9.17) is 4.74 Å². The number of alkyl halides is 2. The summed E-state index contributed by atoms with van der Waals surface area (Å²) >= 11 is 0. The Kier molecular flexibility index (Phi) is 11.5. The van der Waals surface area contributed by atoms with Gasteiger partial charge < -0.3 is 9.47 Å². The summed E-state index contributed by atoms with van der Waals surface area (Å²) in [5, 5.41) is 0. The Bertz CT molecular complexity index is 1110. The lowest BCUT2D eigenvalue weighted by atomic mass is 9.68. The van der Waals surface area contributed by atoms with Crippen LogP contribution in [0.2, 0.25) is 0 Å². The van der Waals surface area contributed by atoms with Gasteiger partial charge in [0, 0.05) is 29.8 Å². The summed E-state index contributed by atoms with van der Waals surface area (Å²) in [6.07, 6.45) is 7.13. The standard InChI is InChI=1S/C33H41F7O2/c1-2-3-4-5-6-7-16-41-25-17-27(34)31(28(35)18-25)23-10-8-21(9-11-23)22-12-14-24(15-13-22)33(39,40)42-26-19-29(36)32(38)30(37)20-26/h17-24H,2-16H2,1H3. The Labute approximate surface area is 244 Å². The molecule has 0 saturated heterocycles. The van der Waals surface area contributed by atoms with Gasteiger partial charge in [0.25, 0.3) is 0 Å². The predicted octanol–water partition coefficient (Wildman–Crippen LogP) is 10.9. The number of rotatable bonds is 13. The fraction of sp³-hybridized carbons (Fsp3) is 0.636. The first-order valence-electron chi connectivity index (χ1n) is 15.4. The number of benzene rings is 2. The largest absolute Gasteiger partial charge is 0.493 e. The van der Waals surface area contributed by atoms with Gasteiger partial charge in [0.05, 0.1) is 12.5 Å². The van der Waals surface area contributed by atoms with E-state index in [1.807, 2.05) is 0 Å². The van der Waals surface area contributed by atoms with Crippen LogP contribution < -0.4 is 9.47 Å². The van der Waals surface area contributed by atoms with Crippen LogP contribution in [-0.4, -0.2) is 12.7 Å². The Morgan fingerprint density at radius 1 is 0.643 bits per heavy atom. The van der Waals surface area contributed by atoms with Crippen LogP contribution in [0.4, 0.5) is 30.7 Å². The molecular weight excluding hydrogens is 561 g/mol. The molecule has 4 rings (SSSR count). The fourth-order valence-electron chi connectivity index (χ4n) is 6.74. The van der Waals surface area contributed by atoms with Gasteiger partial charge in [-0.2, -0.15) is 8.78 Å². The first-order valence-corrected chi connectivity index (χ1v) is 15.4. The van der Waals surface area contributed by atoms with E-state index in [1.54, 1.807) is 0 Å². The van der Waals surface area contributed by atoms with Crippen molar-refractivity contribution < 1.29 is 40.2 Å². The van der Waals surface area contributed by atoms with Crippen LogP contribution in [-0.2, 0) is 0 Å². The first-order chi connectivity index (χ1) is 20.1. The second-order valence-corrected chi connectivity index (χ2v) is 12.0. The molecule has 0 N–H and O–H groups in total. The zero-order valence-electron chi connectivity index (χ0n) is 24.2. The minimum atomic E-state index is -3.65. The fourth-order valence-corrected chi connectivity index (χ4v) is 6.74. The van der Waals surface area contributed by atoms with Crippen LogP contribution in [0.25, 0.3) is 0 Å². The quantitative estimate of drug-likeness (QED) is 0.129. The van der Waals surface area contributed by atoms with Crippen LogP contribution in [0.15, 0.2) is 24.3 Å². The molecule has 9 heteroatoms. The molecule has 0 spiro atoms. The zero-order chi connectivity index (χ0) is 30.3. The second-order valence-electron chi connectivity index (χ2n) is 12.0. The van der Waals surface area contributed by atoms with E-state index in [0.29, 0.717) is 44.4 Å². The summed E-state index contributed by atoms with van der Waals surface area (Å²) < 4.78 is 110. The molecule has 0 heterocycles. The average molecular weight is 603 g/mol. The summed E-state index contributed by atoms with van der Waals surface area (Å²) in [7, 11) is 0. The Morgan fingerprint density at radius 2 is 1.14 bits per heavy atom. The van der Waals surface area contributed by atoms with Crippen LogP contribution >= 0.6 is 0 Å². The third-order valence-corrected chi connectivity index (χ3v) is 9.12. The molecule has 2 aliphatic carbocycles. The lowest BCUT2D eigenvalue weighted by molar-refractivity contribution is -0.224. The van der Waals surface area contributed by atoms with E-state index in [2.05, 4.69) is 11.7 Å². The summed E-state index contributed by atoms with van der Waals surface area (Å²) in [5.41, 5.74) is 0.106. The summed E-state index contributed by atoms with van der Waals surface area (Å²) in [6.45, 7) is 2.59. The van der Waals surface area contributed by atoms with Crippen LogP contribution in [0.3, 0.4) is 0 Å². The zero-order valence-corrected chi connectivity index (χ0v) is 24.2. The maximum absolute atomic E-state index is 15.0. The highest BCUT2D eigenvalue weighted by Gasteiger charge is 2.45.